The molecule has 0 heterocycles. The van der Waals surface area contributed by atoms with Gasteiger partial charge in [0.05, 0.1) is 0 Å². The number of hydrogen-bond acceptors (Lipinski definition) is 2. The number of nitrogens with two attached hydrogens (primary N) is 1. The molecule has 1 unspecified atom stereocenters. The maximum atomic E-state index is 12.6. The minimum absolute atomic E-state index is 0.0543. The SMILES string of the molecule is Cc1ccc(C(C)(C)C)cc1C(=O)C(CN)C(C)C. The molecule has 2 nitrogen and oxygen atoms in total. The molecule has 1 aromatic rings. The van der Waals surface area contributed by atoms with Crippen LogP contribution in [-0.4, -0.2) is 12.3 Å². The summed E-state index contributed by atoms with van der Waals surface area (Å²) in [6, 6.07) is 6.20. The van der Waals surface area contributed by atoms with E-state index in [1.807, 2.05) is 19.1 Å². The Bertz CT molecular complexity index is 455. The van der Waals surface area contributed by atoms with Gasteiger partial charge >= 0.3 is 0 Å². The van der Waals surface area contributed by atoms with Gasteiger partial charge in [-0.15, -0.1) is 0 Å². The molecule has 0 aromatic heterocycles. The van der Waals surface area contributed by atoms with E-state index >= 15 is 0 Å². The molecule has 0 saturated carbocycles. The molecule has 0 bridgehead atoms. The second-order valence-corrected chi connectivity index (χ2v) is 6.73. The second kappa shape index (κ2) is 5.87. The summed E-state index contributed by atoms with van der Waals surface area (Å²) in [7, 11) is 0. The highest BCUT2D eigenvalue weighted by atomic mass is 16.1. The van der Waals surface area contributed by atoms with Crippen LogP contribution in [0.5, 0.6) is 0 Å². The third-order valence-corrected chi connectivity index (χ3v) is 3.76. The zero-order valence-corrected chi connectivity index (χ0v) is 13.1. The predicted molar refractivity (Wildman–Crippen MR) is 81.6 cm³/mol. The predicted octanol–water partition coefficient (Wildman–Crippen LogP) is 3.71. The van der Waals surface area contributed by atoms with Crippen molar-refractivity contribution in [2.24, 2.45) is 17.6 Å². The number of carbonyl (C=O) groups is 1. The fourth-order valence-electron chi connectivity index (χ4n) is 2.24. The molecule has 0 fully saturated rings. The molecular formula is C17H27NO. The lowest BCUT2D eigenvalue weighted by molar-refractivity contribution is 0.0891. The standard InChI is InChI=1S/C17H27NO/c1-11(2)15(10-18)16(19)14-9-13(17(4,5)6)8-7-12(14)3/h7-9,11,15H,10,18H2,1-6H3. The first-order chi connectivity index (χ1) is 8.68. The van der Waals surface area contributed by atoms with Crippen molar-refractivity contribution in [3.63, 3.8) is 0 Å². The normalized spacial score (nSPS) is 13.7. The fourth-order valence-corrected chi connectivity index (χ4v) is 2.24. The molecule has 0 spiro atoms. The Labute approximate surface area is 117 Å². The van der Waals surface area contributed by atoms with Crippen molar-refractivity contribution in [3.8, 4) is 0 Å². The summed E-state index contributed by atoms with van der Waals surface area (Å²) in [5, 5.41) is 0. The molecule has 0 aliphatic heterocycles. The molecule has 19 heavy (non-hydrogen) atoms. The Balaban J connectivity index is 3.23. The van der Waals surface area contributed by atoms with Crippen LogP contribution in [0.3, 0.4) is 0 Å². The van der Waals surface area contributed by atoms with Crippen LogP contribution < -0.4 is 5.73 Å². The molecule has 106 valence electrons. The summed E-state index contributed by atoms with van der Waals surface area (Å²) in [6.45, 7) is 13.0. The highest BCUT2D eigenvalue weighted by molar-refractivity contribution is 5.99. The number of benzene rings is 1. The molecule has 2 heteroatoms. The van der Waals surface area contributed by atoms with Gasteiger partial charge in [0.15, 0.2) is 5.78 Å². The molecule has 0 amide bonds. The van der Waals surface area contributed by atoms with E-state index in [1.165, 1.54) is 5.56 Å². The van der Waals surface area contributed by atoms with Crippen LogP contribution in [0.25, 0.3) is 0 Å². The summed E-state index contributed by atoms with van der Waals surface area (Å²) in [5.74, 6) is 0.366. The van der Waals surface area contributed by atoms with Crippen LogP contribution in [0.1, 0.15) is 56.1 Å². The highest BCUT2D eigenvalue weighted by Crippen LogP contribution is 2.26. The van der Waals surface area contributed by atoms with Crippen molar-refractivity contribution in [3.05, 3.63) is 34.9 Å². The molecule has 1 rings (SSSR count). The second-order valence-electron chi connectivity index (χ2n) is 6.73. The van der Waals surface area contributed by atoms with E-state index in [-0.39, 0.29) is 23.0 Å². The smallest absolute Gasteiger partial charge is 0.167 e. The van der Waals surface area contributed by atoms with Crippen LogP contribution in [-0.2, 0) is 5.41 Å². The molecule has 1 aromatic carbocycles. The molecule has 1 atom stereocenters. The number of carbonyl (C=O) groups excluding carboxylic acids is 1. The van der Waals surface area contributed by atoms with E-state index in [9.17, 15) is 4.79 Å². The third-order valence-electron chi connectivity index (χ3n) is 3.76. The van der Waals surface area contributed by atoms with Gasteiger partial charge in [-0.2, -0.15) is 0 Å². The first-order valence-electron chi connectivity index (χ1n) is 7.04. The van der Waals surface area contributed by atoms with Gasteiger partial charge in [0.2, 0.25) is 0 Å². The number of hydrogen-bond donors (Lipinski definition) is 1. The van der Waals surface area contributed by atoms with Crippen LogP contribution in [0.4, 0.5) is 0 Å². The Kier molecular flexibility index (Phi) is 4.92. The van der Waals surface area contributed by atoms with E-state index in [2.05, 4.69) is 40.7 Å². The van der Waals surface area contributed by atoms with Crippen LogP contribution >= 0.6 is 0 Å². The maximum absolute atomic E-state index is 12.6. The fraction of sp³-hybridized carbons (Fsp3) is 0.588. The van der Waals surface area contributed by atoms with Crippen molar-refractivity contribution in [2.75, 3.05) is 6.54 Å². The van der Waals surface area contributed by atoms with Crippen LogP contribution in [0, 0.1) is 18.8 Å². The zero-order valence-electron chi connectivity index (χ0n) is 13.1. The Morgan fingerprint density at radius 2 is 1.84 bits per heavy atom. The minimum atomic E-state index is -0.0890. The Morgan fingerprint density at radius 1 is 1.26 bits per heavy atom. The lowest BCUT2D eigenvalue weighted by Gasteiger charge is -2.23. The number of ketones is 1. The summed E-state index contributed by atoms with van der Waals surface area (Å²) < 4.78 is 0. The van der Waals surface area contributed by atoms with E-state index < -0.39 is 0 Å². The average molecular weight is 261 g/mol. The first-order valence-corrected chi connectivity index (χ1v) is 7.04. The lowest BCUT2D eigenvalue weighted by atomic mass is 9.81. The van der Waals surface area contributed by atoms with Crippen molar-refractivity contribution in [2.45, 2.75) is 47.0 Å². The number of Topliss-reactive ketones (excluding diaryl/α,β-unsaturated/α-hetero) is 1. The molecular weight excluding hydrogens is 234 g/mol. The molecule has 0 aliphatic carbocycles. The molecule has 0 saturated heterocycles. The molecule has 0 radical (unpaired) electrons. The van der Waals surface area contributed by atoms with Gasteiger partial charge in [-0.05, 0) is 35.4 Å². The summed E-state index contributed by atoms with van der Waals surface area (Å²) in [6.07, 6.45) is 0. The van der Waals surface area contributed by atoms with Crippen LogP contribution in [0.15, 0.2) is 18.2 Å². The van der Waals surface area contributed by atoms with Gasteiger partial charge in [-0.3, -0.25) is 4.79 Å². The van der Waals surface area contributed by atoms with Crippen molar-refractivity contribution in [1.29, 1.82) is 0 Å². The van der Waals surface area contributed by atoms with Gasteiger partial charge in [-0.1, -0.05) is 46.8 Å². The van der Waals surface area contributed by atoms with Crippen molar-refractivity contribution >= 4 is 5.78 Å². The number of rotatable bonds is 4. The third kappa shape index (κ3) is 3.66. The zero-order chi connectivity index (χ0) is 14.8. The summed E-state index contributed by atoms with van der Waals surface area (Å²) in [4.78, 5) is 12.6. The average Bonchev–Trinajstić information content (AvgIpc) is 2.28. The first kappa shape index (κ1) is 15.9. The van der Waals surface area contributed by atoms with E-state index in [0.717, 1.165) is 11.1 Å². The van der Waals surface area contributed by atoms with Crippen LogP contribution in [0.2, 0.25) is 0 Å². The van der Waals surface area contributed by atoms with Gasteiger partial charge in [0.1, 0.15) is 0 Å². The van der Waals surface area contributed by atoms with Crippen molar-refractivity contribution < 1.29 is 4.79 Å². The van der Waals surface area contributed by atoms with Gasteiger partial charge in [0, 0.05) is 18.0 Å². The topological polar surface area (TPSA) is 43.1 Å². The van der Waals surface area contributed by atoms with E-state index in [4.69, 9.17) is 5.73 Å². The summed E-state index contributed by atoms with van der Waals surface area (Å²) >= 11 is 0. The van der Waals surface area contributed by atoms with Gasteiger partial charge in [0.25, 0.3) is 0 Å². The van der Waals surface area contributed by atoms with E-state index in [1.54, 1.807) is 0 Å². The number of aryl methyl sites for hydroxylation is 1. The maximum Gasteiger partial charge on any atom is 0.167 e. The monoisotopic (exact) mass is 261 g/mol. The van der Waals surface area contributed by atoms with Gasteiger partial charge in [-0.25, -0.2) is 0 Å². The summed E-state index contributed by atoms with van der Waals surface area (Å²) in [5.41, 5.74) is 8.88. The Hall–Kier alpha value is -1.15. The quantitative estimate of drug-likeness (QED) is 0.840. The molecule has 0 aliphatic rings. The minimum Gasteiger partial charge on any atom is -0.330 e. The molecule has 2 N–H and O–H groups in total. The largest absolute Gasteiger partial charge is 0.330 e. The lowest BCUT2D eigenvalue weighted by Crippen LogP contribution is -2.29. The van der Waals surface area contributed by atoms with E-state index in [0.29, 0.717) is 6.54 Å². The Morgan fingerprint density at radius 3 is 2.26 bits per heavy atom. The van der Waals surface area contributed by atoms with Gasteiger partial charge < -0.3 is 5.73 Å². The van der Waals surface area contributed by atoms with Crippen molar-refractivity contribution in [1.82, 2.24) is 0 Å². The highest BCUT2D eigenvalue weighted by Gasteiger charge is 2.24.